The van der Waals surface area contributed by atoms with Gasteiger partial charge in [-0.2, -0.15) is 0 Å². The van der Waals surface area contributed by atoms with E-state index in [2.05, 4.69) is 22.5 Å². The predicted molar refractivity (Wildman–Crippen MR) is 77.8 cm³/mol. The molecule has 6 nitrogen and oxygen atoms in total. The first kappa shape index (κ1) is 16.8. The number of carbonyl (C=O) groups is 2. The summed E-state index contributed by atoms with van der Waals surface area (Å²) >= 11 is 0. The van der Waals surface area contributed by atoms with E-state index >= 15 is 0 Å². The Morgan fingerprint density at radius 2 is 2.20 bits per heavy atom. The van der Waals surface area contributed by atoms with Crippen molar-refractivity contribution in [2.75, 3.05) is 19.6 Å². The highest BCUT2D eigenvalue weighted by molar-refractivity contribution is 5.74. The normalized spacial score (nSPS) is 20.6. The lowest BCUT2D eigenvalue weighted by molar-refractivity contribution is -0.137. The molecule has 1 aliphatic heterocycles. The zero-order valence-corrected chi connectivity index (χ0v) is 12.5. The number of rotatable bonds is 8. The molecule has 20 heavy (non-hydrogen) atoms. The SMILES string of the molecule is CCN1CCCC1CNC(=O)NC(C)CCCC(=O)O. The van der Waals surface area contributed by atoms with Gasteiger partial charge in [-0.3, -0.25) is 9.69 Å². The molecule has 116 valence electrons. The van der Waals surface area contributed by atoms with Gasteiger partial charge < -0.3 is 15.7 Å². The number of amides is 2. The first-order chi connectivity index (χ1) is 9.52. The highest BCUT2D eigenvalue weighted by atomic mass is 16.4. The van der Waals surface area contributed by atoms with E-state index in [1.54, 1.807) is 0 Å². The van der Waals surface area contributed by atoms with Crippen LogP contribution in [0.4, 0.5) is 4.79 Å². The molecule has 2 unspecified atom stereocenters. The molecule has 1 saturated heterocycles. The molecule has 0 aliphatic carbocycles. The van der Waals surface area contributed by atoms with Crippen molar-refractivity contribution >= 4 is 12.0 Å². The lowest BCUT2D eigenvalue weighted by Gasteiger charge is -2.23. The van der Waals surface area contributed by atoms with E-state index in [-0.39, 0.29) is 18.5 Å². The fourth-order valence-corrected chi connectivity index (χ4v) is 2.66. The predicted octanol–water partition coefficient (Wildman–Crippen LogP) is 1.41. The molecule has 0 radical (unpaired) electrons. The standard InChI is InChI=1S/C14H27N3O3/c1-3-17-9-5-7-12(17)10-15-14(20)16-11(2)6-4-8-13(18)19/h11-12H,3-10H2,1-2H3,(H,18,19)(H2,15,16,20). The monoisotopic (exact) mass is 285 g/mol. The third-order valence-electron chi connectivity index (χ3n) is 3.81. The van der Waals surface area contributed by atoms with Crippen molar-refractivity contribution in [1.82, 2.24) is 15.5 Å². The Kier molecular flexibility index (Phi) is 7.36. The van der Waals surface area contributed by atoms with E-state index < -0.39 is 5.97 Å². The lowest BCUT2D eigenvalue weighted by atomic mass is 10.1. The minimum absolute atomic E-state index is 0.000191. The number of carboxylic acid groups (broad SMARTS) is 1. The van der Waals surface area contributed by atoms with Crippen molar-refractivity contribution in [3.63, 3.8) is 0 Å². The van der Waals surface area contributed by atoms with E-state index in [1.165, 1.54) is 6.42 Å². The number of likely N-dealkylation sites (N-methyl/N-ethyl adjacent to an activating group) is 1. The number of carbonyl (C=O) groups excluding carboxylic acids is 1. The second-order valence-electron chi connectivity index (χ2n) is 5.47. The molecule has 3 N–H and O–H groups in total. The van der Waals surface area contributed by atoms with Crippen LogP contribution in [0.1, 0.15) is 46.0 Å². The molecule has 1 fully saturated rings. The average molecular weight is 285 g/mol. The summed E-state index contributed by atoms with van der Waals surface area (Å²) in [6.07, 6.45) is 3.77. The van der Waals surface area contributed by atoms with Gasteiger partial charge in [0.05, 0.1) is 0 Å². The summed E-state index contributed by atoms with van der Waals surface area (Å²) in [5, 5.41) is 14.3. The first-order valence-electron chi connectivity index (χ1n) is 7.53. The number of urea groups is 1. The Balaban J connectivity index is 2.14. The van der Waals surface area contributed by atoms with Crippen LogP contribution < -0.4 is 10.6 Å². The number of hydrogen-bond acceptors (Lipinski definition) is 3. The maximum atomic E-state index is 11.7. The number of aliphatic carboxylic acids is 1. The highest BCUT2D eigenvalue weighted by Crippen LogP contribution is 2.15. The molecular formula is C14H27N3O3. The van der Waals surface area contributed by atoms with Crippen LogP contribution in [0.2, 0.25) is 0 Å². The Labute approximate surface area is 120 Å². The van der Waals surface area contributed by atoms with Gasteiger partial charge in [0.25, 0.3) is 0 Å². The second-order valence-corrected chi connectivity index (χ2v) is 5.47. The van der Waals surface area contributed by atoms with Crippen molar-refractivity contribution in [3.8, 4) is 0 Å². The fraction of sp³-hybridized carbons (Fsp3) is 0.857. The van der Waals surface area contributed by atoms with Crippen molar-refractivity contribution in [1.29, 1.82) is 0 Å². The second kappa shape index (κ2) is 8.79. The summed E-state index contributed by atoms with van der Waals surface area (Å²) in [5.74, 6) is -0.789. The van der Waals surface area contributed by atoms with E-state index in [0.717, 1.165) is 19.5 Å². The maximum Gasteiger partial charge on any atom is 0.315 e. The summed E-state index contributed by atoms with van der Waals surface area (Å²) in [6, 6.07) is 0.295. The summed E-state index contributed by atoms with van der Waals surface area (Å²) in [4.78, 5) is 24.5. The van der Waals surface area contributed by atoms with Gasteiger partial charge in [0.1, 0.15) is 0 Å². The molecule has 0 spiro atoms. The van der Waals surface area contributed by atoms with Gasteiger partial charge in [0.2, 0.25) is 0 Å². The molecular weight excluding hydrogens is 258 g/mol. The number of likely N-dealkylation sites (tertiary alicyclic amines) is 1. The van der Waals surface area contributed by atoms with E-state index in [9.17, 15) is 9.59 Å². The number of nitrogens with zero attached hydrogens (tertiary/aromatic N) is 1. The fourth-order valence-electron chi connectivity index (χ4n) is 2.66. The number of carboxylic acids is 1. The van der Waals surface area contributed by atoms with Crippen LogP contribution in [0, 0.1) is 0 Å². The minimum Gasteiger partial charge on any atom is -0.481 e. The summed E-state index contributed by atoms with van der Waals surface area (Å²) in [6.45, 7) is 6.87. The Morgan fingerprint density at radius 1 is 1.45 bits per heavy atom. The third kappa shape index (κ3) is 6.23. The van der Waals surface area contributed by atoms with Crippen LogP contribution in [0.3, 0.4) is 0 Å². The smallest absolute Gasteiger partial charge is 0.315 e. The zero-order chi connectivity index (χ0) is 15.0. The van der Waals surface area contributed by atoms with Gasteiger partial charge in [0, 0.05) is 25.0 Å². The maximum absolute atomic E-state index is 11.7. The molecule has 1 rings (SSSR count). The summed E-state index contributed by atoms with van der Waals surface area (Å²) < 4.78 is 0. The minimum atomic E-state index is -0.789. The molecule has 2 amide bonds. The largest absolute Gasteiger partial charge is 0.481 e. The summed E-state index contributed by atoms with van der Waals surface area (Å²) in [5.41, 5.74) is 0. The summed E-state index contributed by atoms with van der Waals surface area (Å²) in [7, 11) is 0. The van der Waals surface area contributed by atoms with E-state index in [0.29, 0.717) is 25.4 Å². The molecule has 0 bridgehead atoms. The average Bonchev–Trinajstić information content (AvgIpc) is 2.83. The van der Waals surface area contributed by atoms with Crippen molar-refractivity contribution < 1.29 is 14.7 Å². The van der Waals surface area contributed by atoms with Crippen LogP contribution in [-0.2, 0) is 4.79 Å². The van der Waals surface area contributed by atoms with Gasteiger partial charge in [0.15, 0.2) is 0 Å². The van der Waals surface area contributed by atoms with Gasteiger partial charge in [-0.05, 0) is 45.7 Å². The molecule has 0 saturated carbocycles. The van der Waals surface area contributed by atoms with Crippen molar-refractivity contribution in [3.05, 3.63) is 0 Å². The molecule has 1 heterocycles. The van der Waals surface area contributed by atoms with Crippen LogP contribution in [0.25, 0.3) is 0 Å². The molecule has 1 aliphatic rings. The molecule has 0 aromatic carbocycles. The Bertz CT molecular complexity index is 323. The molecule has 6 heteroatoms. The molecule has 0 aromatic heterocycles. The van der Waals surface area contributed by atoms with Crippen LogP contribution in [0.5, 0.6) is 0 Å². The van der Waals surface area contributed by atoms with Crippen molar-refractivity contribution in [2.24, 2.45) is 0 Å². The molecule has 2 atom stereocenters. The van der Waals surface area contributed by atoms with Gasteiger partial charge in [-0.25, -0.2) is 4.79 Å². The van der Waals surface area contributed by atoms with E-state index in [4.69, 9.17) is 5.11 Å². The number of nitrogens with one attached hydrogen (secondary N) is 2. The van der Waals surface area contributed by atoms with Gasteiger partial charge in [-0.15, -0.1) is 0 Å². The lowest BCUT2D eigenvalue weighted by Crippen LogP contribution is -2.46. The van der Waals surface area contributed by atoms with Crippen molar-refractivity contribution in [2.45, 2.75) is 58.0 Å². The third-order valence-corrected chi connectivity index (χ3v) is 3.81. The Hall–Kier alpha value is -1.30. The van der Waals surface area contributed by atoms with E-state index in [1.807, 2.05) is 6.92 Å². The quantitative estimate of drug-likeness (QED) is 0.630. The topological polar surface area (TPSA) is 81.7 Å². The number of hydrogen-bond donors (Lipinski definition) is 3. The first-order valence-corrected chi connectivity index (χ1v) is 7.53. The van der Waals surface area contributed by atoms with Crippen LogP contribution in [-0.4, -0.2) is 53.7 Å². The zero-order valence-electron chi connectivity index (χ0n) is 12.5. The molecule has 0 aromatic rings. The Morgan fingerprint density at radius 3 is 2.85 bits per heavy atom. The van der Waals surface area contributed by atoms with Crippen LogP contribution >= 0.6 is 0 Å². The van der Waals surface area contributed by atoms with Gasteiger partial charge in [-0.1, -0.05) is 6.92 Å². The van der Waals surface area contributed by atoms with Crippen LogP contribution in [0.15, 0.2) is 0 Å². The highest BCUT2D eigenvalue weighted by Gasteiger charge is 2.23. The van der Waals surface area contributed by atoms with Gasteiger partial charge >= 0.3 is 12.0 Å².